The van der Waals surface area contributed by atoms with Gasteiger partial charge in [-0.05, 0) is 24.3 Å². The number of allylic oxidation sites excluding steroid dienone is 2. The second-order valence-electron chi connectivity index (χ2n) is 3.74. The molecule has 0 aliphatic carbocycles. The van der Waals surface area contributed by atoms with Gasteiger partial charge in [-0.15, -0.1) is 5.10 Å². The summed E-state index contributed by atoms with van der Waals surface area (Å²) in [6.45, 7) is 0. The van der Waals surface area contributed by atoms with Crippen LogP contribution in [0.4, 0.5) is 0 Å². The molecule has 0 bridgehead atoms. The van der Waals surface area contributed by atoms with Gasteiger partial charge in [0.2, 0.25) is 0 Å². The van der Waals surface area contributed by atoms with Crippen LogP contribution in [0.1, 0.15) is 0 Å². The predicted octanol–water partition coefficient (Wildman–Crippen LogP) is 2.83. The topological polar surface area (TPSA) is 65.5 Å². The van der Waals surface area contributed by atoms with Gasteiger partial charge in [0.05, 0.1) is 13.3 Å². The van der Waals surface area contributed by atoms with Crippen molar-refractivity contribution >= 4 is 0 Å². The number of hydrogen-bond acceptors (Lipinski definition) is 6. The molecule has 0 radical (unpaired) electrons. The first-order chi connectivity index (χ1) is 10.4. The molecule has 6 nitrogen and oxygen atoms in total. The Morgan fingerprint density at radius 2 is 1.95 bits per heavy atom. The van der Waals surface area contributed by atoms with Gasteiger partial charge in [0.25, 0.3) is 5.88 Å². The van der Waals surface area contributed by atoms with Crippen LogP contribution in [0.5, 0.6) is 17.4 Å². The zero-order valence-electron chi connectivity index (χ0n) is 11.5. The Bertz CT molecular complexity index is 588. The molecule has 3 rings (SSSR count). The van der Waals surface area contributed by atoms with Gasteiger partial charge in [-0.1, -0.05) is 18.2 Å². The SMILES string of the molecule is C1=CNOC=C1.COc1ccnnc1Oc1ccccc1. The van der Waals surface area contributed by atoms with Crippen LogP contribution in [-0.2, 0) is 4.84 Å². The zero-order valence-corrected chi connectivity index (χ0v) is 11.5. The van der Waals surface area contributed by atoms with Crippen LogP contribution in [0.3, 0.4) is 0 Å². The molecule has 1 N–H and O–H groups in total. The molecule has 2 heterocycles. The monoisotopic (exact) mass is 285 g/mol. The number of hydroxylamine groups is 1. The Labute approximate surface area is 122 Å². The Kier molecular flexibility index (Phi) is 5.63. The summed E-state index contributed by atoms with van der Waals surface area (Å²) in [4.78, 5) is 4.55. The van der Waals surface area contributed by atoms with Crippen molar-refractivity contribution in [1.82, 2.24) is 15.7 Å². The molecule has 0 spiro atoms. The van der Waals surface area contributed by atoms with Crippen molar-refractivity contribution in [3.05, 3.63) is 67.2 Å². The Hall–Kier alpha value is -3.02. The van der Waals surface area contributed by atoms with E-state index in [1.54, 1.807) is 37.9 Å². The van der Waals surface area contributed by atoms with Crippen LogP contribution in [0.2, 0.25) is 0 Å². The summed E-state index contributed by atoms with van der Waals surface area (Å²) in [5, 5.41) is 7.58. The summed E-state index contributed by atoms with van der Waals surface area (Å²) in [7, 11) is 1.56. The number of benzene rings is 1. The summed E-state index contributed by atoms with van der Waals surface area (Å²) in [6, 6.07) is 11.1. The van der Waals surface area contributed by atoms with Gasteiger partial charge in [-0.25, -0.2) is 5.48 Å². The van der Waals surface area contributed by atoms with E-state index in [0.717, 1.165) is 0 Å². The lowest BCUT2D eigenvalue weighted by atomic mass is 10.3. The van der Waals surface area contributed by atoms with Crippen LogP contribution in [0.15, 0.2) is 67.2 Å². The van der Waals surface area contributed by atoms with Crippen LogP contribution >= 0.6 is 0 Å². The van der Waals surface area contributed by atoms with Crippen LogP contribution in [0.25, 0.3) is 0 Å². The summed E-state index contributed by atoms with van der Waals surface area (Å²) >= 11 is 0. The number of ether oxygens (including phenoxy) is 2. The second kappa shape index (κ2) is 8.21. The maximum atomic E-state index is 5.50. The third-order valence-corrected chi connectivity index (χ3v) is 2.32. The molecule has 0 amide bonds. The highest BCUT2D eigenvalue weighted by atomic mass is 16.6. The molecule has 0 unspecified atom stereocenters. The van der Waals surface area contributed by atoms with E-state index in [4.69, 9.17) is 9.47 Å². The maximum Gasteiger partial charge on any atom is 0.281 e. The lowest BCUT2D eigenvalue weighted by Crippen LogP contribution is -2.01. The number of methoxy groups -OCH3 is 1. The van der Waals surface area contributed by atoms with E-state index in [2.05, 4.69) is 20.5 Å². The van der Waals surface area contributed by atoms with Gasteiger partial charge >= 0.3 is 0 Å². The van der Waals surface area contributed by atoms with Gasteiger partial charge in [-0.2, -0.15) is 5.10 Å². The highest BCUT2D eigenvalue weighted by molar-refractivity contribution is 5.35. The summed E-state index contributed by atoms with van der Waals surface area (Å²) in [5.74, 6) is 1.64. The number of nitrogens with zero attached hydrogens (tertiary/aromatic N) is 2. The number of hydrogen-bond donors (Lipinski definition) is 1. The van der Waals surface area contributed by atoms with E-state index in [-0.39, 0.29) is 0 Å². The van der Waals surface area contributed by atoms with Gasteiger partial charge < -0.3 is 14.3 Å². The number of para-hydroxylation sites is 1. The molecule has 1 aliphatic heterocycles. The summed E-state index contributed by atoms with van der Waals surface area (Å²) < 4.78 is 10.6. The van der Waals surface area contributed by atoms with Gasteiger partial charge in [0, 0.05) is 12.3 Å². The van der Waals surface area contributed by atoms with Crippen LogP contribution < -0.4 is 15.0 Å². The van der Waals surface area contributed by atoms with Crippen molar-refractivity contribution in [2.24, 2.45) is 0 Å². The third-order valence-electron chi connectivity index (χ3n) is 2.32. The fourth-order valence-corrected chi connectivity index (χ4v) is 1.39. The van der Waals surface area contributed by atoms with E-state index >= 15 is 0 Å². The smallest absolute Gasteiger partial charge is 0.281 e. The standard InChI is InChI=1S/C11H10N2O2.C4H5NO/c1-14-10-7-8-12-13-11(10)15-9-5-3-2-4-6-9;1-2-4-6-5-3-1/h2-8H,1H3;1-5H. The minimum atomic E-state index is 0.367. The van der Waals surface area contributed by atoms with Crippen molar-refractivity contribution in [2.45, 2.75) is 0 Å². The summed E-state index contributed by atoms with van der Waals surface area (Å²) in [5.41, 5.74) is 2.52. The van der Waals surface area contributed by atoms with E-state index in [1.807, 2.05) is 36.4 Å². The molecule has 1 aromatic carbocycles. The fourth-order valence-electron chi connectivity index (χ4n) is 1.39. The van der Waals surface area contributed by atoms with E-state index in [0.29, 0.717) is 17.4 Å². The lowest BCUT2D eigenvalue weighted by Gasteiger charge is -2.06. The first kappa shape index (κ1) is 14.4. The minimum absolute atomic E-state index is 0.367. The number of nitrogens with one attached hydrogen (secondary N) is 1. The van der Waals surface area contributed by atoms with Gasteiger partial charge in [-0.3, -0.25) is 0 Å². The Morgan fingerprint density at radius 1 is 1.10 bits per heavy atom. The molecule has 21 heavy (non-hydrogen) atoms. The molecular weight excluding hydrogens is 270 g/mol. The third kappa shape index (κ3) is 4.87. The molecule has 0 saturated heterocycles. The molecule has 1 aromatic heterocycles. The molecule has 6 heteroatoms. The van der Waals surface area contributed by atoms with Crippen molar-refractivity contribution < 1.29 is 14.3 Å². The number of aromatic nitrogens is 2. The quantitative estimate of drug-likeness (QED) is 0.935. The second-order valence-corrected chi connectivity index (χ2v) is 3.74. The Morgan fingerprint density at radius 3 is 2.52 bits per heavy atom. The zero-order chi connectivity index (χ0) is 14.8. The van der Waals surface area contributed by atoms with Crippen molar-refractivity contribution in [1.29, 1.82) is 0 Å². The highest BCUT2D eigenvalue weighted by Crippen LogP contribution is 2.27. The Balaban J connectivity index is 0.000000225. The predicted molar refractivity (Wildman–Crippen MR) is 77.6 cm³/mol. The molecule has 1 aliphatic rings. The van der Waals surface area contributed by atoms with Crippen molar-refractivity contribution in [3.63, 3.8) is 0 Å². The maximum absolute atomic E-state index is 5.50. The van der Waals surface area contributed by atoms with E-state index in [9.17, 15) is 0 Å². The average Bonchev–Trinajstić information content (AvgIpc) is 2.58. The molecule has 2 aromatic rings. The minimum Gasteiger partial charge on any atom is -0.491 e. The molecule has 0 fully saturated rings. The fraction of sp³-hybridized carbons (Fsp3) is 0.0667. The largest absolute Gasteiger partial charge is 0.491 e. The van der Waals surface area contributed by atoms with Crippen molar-refractivity contribution in [3.8, 4) is 17.4 Å². The van der Waals surface area contributed by atoms with Gasteiger partial charge in [0.15, 0.2) is 5.75 Å². The first-order valence-corrected chi connectivity index (χ1v) is 6.21. The number of rotatable bonds is 3. The van der Waals surface area contributed by atoms with Crippen LogP contribution in [0, 0.1) is 0 Å². The normalized spacial score (nSPS) is 11.5. The molecule has 108 valence electrons. The van der Waals surface area contributed by atoms with Gasteiger partial charge in [0.1, 0.15) is 12.0 Å². The lowest BCUT2D eigenvalue weighted by molar-refractivity contribution is 0.172. The molecule has 0 saturated carbocycles. The molecular formula is C15H15N3O3. The van der Waals surface area contributed by atoms with E-state index < -0.39 is 0 Å². The average molecular weight is 285 g/mol. The van der Waals surface area contributed by atoms with Crippen molar-refractivity contribution in [2.75, 3.05) is 7.11 Å². The highest BCUT2D eigenvalue weighted by Gasteiger charge is 2.05. The first-order valence-electron chi connectivity index (χ1n) is 6.21. The van der Waals surface area contributed by atoms with E-state index in [1.165, 1.54) is 0 Å². The van der Waals surface area contributed by atoms with Crippen LogP contribution in [-0.4, -0.2) is 17.3 Å². The summed E-state index contributed by atoms with van der Waals surface area (Å²) in [6.07, 6.45) is 8.48. The molecule has 0 atom stereocenters.